The van der Waals surface area contributed by atoms with Crippen LogP contribution >= 0.6 is 50.8 Å². The van der Waals surface area contributed by atoms with Crippen LogP contribution in [0.25, 0.3) is 11.3 Å². The minimum atomic E-state index is 0.543. The van der Waals surface area contributed by atoms with Crippen LogP contribution in [0.3, 0.4) is 0 Å². The van der Waals surface area contributed by atoms with E-state index in [1.54, 1.807) is 0 Å². The lowest BCUT2D eigenvalue weighted by Gasteiger charge is -2.30. The number of thioether (sulfide) groups is 2. The Balaban J connectivity index is 1.90. The predicted molar refractivity (Wildman–Crippen MR) is 102 cm³/mol. The summed E-state index contributed by atoms with van der Waals surface area (Å²) < 4.78 is 1.12. The van der Waals surface area contributed by atoms with Gasteiger partial charge in [-0.05, 0) is 13.0 Å². The first kappa shape index (κ1) is 15.9. The Hall–Kier alpha value is 0.0300. The molecule has 0 saturated carbocycles. The van der Waals surface area contributed by atoms with E-state index in [1.165, 1.54) is 21.2 Å². The number of nitrogens with zero attached hydrogens (tertiary/aromatic N) is 1. The summed E-state index contributed by atoms with van der Waals surface area (Å²) in [5.41, 5.74) is 2.34. The van der Waals surface area contributed by atoms with Gasteiger partial charge in [-0.3, -0.25) is 0 Å². The minimum Gasteiger partial charge on any atom is -0.240 e. The maximum Gasteiger partial charge on any atom is 0.107 e. The van der Waals surface area contributed by atoms with E-state index in [1.807, 2.05) is 17.4 Å². The Bertz CT molecular complexity index is 640. The Morgan fingerprint density at radius 3 is 2.67 bits per heavy atom. The summed E-state index contributed by atoms with van der Waals surface area (Å²) >= 11 is 9.67. The SMILES string of the molecule is Cc1sc(C2CSC(C)C(C)S2)nc1-c1ccccc1Br. The van der Waals surface area contributed by atoms with Crippen LogP contribution in [-0.2, 0) is 0 Å². The van der Waals surface area contributed by atoms with Gasteiger partial charge in [0.05, 0.1) is 10.9 Å². The lowest BCUT2D eigenvalue weighted by molar-refractivity contribution is 0.891. The second-order valence-electron chi connectivity index (χ2n) is 5.31. The van der Waals surface area contributed by atoms with E-state index in [0.29, 0.717) is 10.5 Å². The number of benzene rings is 1. The highest BCUT2D eigenvalue weighted by Gasteiger charge is 2.29. The Kier molecular flexibility index (Phi) is 5.04. The zero-order valence-corrected chi connectivity index (χ0v) is 16.3. The fraction of sp³-hybridized carbons (Fsp3) is 0.438. The van der Waals surface area contributed by atoms with Crippen molar-refractivity contribution >= 4 is 50.8 Å². The van der Waals surface area contributed by atoms with E-state index in [0.717, 1.165) is 15.4 Å². The largest absolute Gasteiger partial charge is 0.240 e. The Morgan fingerprint density at radius 1 is 1.19 bits per heavy atom. The molecule has 0 aliphatic carbocycles. The monoisotopic (exact) mass is 399 g/mol. The fourth-order valence-corrected chi connectivity index (χ4v) is 6.97. The number of hydrogen-bond acceptors (Lipinski definition) is 4. The van der Waals surface area contributed by atoms with E-state index in [4.69, 9.17) is 4.98 Å². The van der Waals surface area contributed by atoms with Crippen molar-refractivity contribution < 1.29 is 0 Å². The molecule has 2 aromatic rings. The number of rotatable bonds is 2. The molecule has 0 radical (unpaired) electrons. The van der Waals surface area contributed by atoms with E-state index in [9.17, 15) is 0 Å². The van der Waals surface area contributed by atoms with Gasteiger partial charge in [-0.2, -0.15) is 11.8 Å². The molecular formula is C16H18BrNS3. The predicted octanol–water partition coefficient (Wildman–Crippen LogP) is 6.18. The minimum absolute atomic E-state index is 0.543. The molecule has 0 spiro atoms. The number of hydrogen-bond donors (Lipinski definition) is 0. The molecule has 0 amide bonds. The fourth-order valence-electron chi connectivity index (χ4n) is 2.37. The Morgan fingerprint density at radius 2 is 1.95 bits per heavy atom. The molecule has 1 saturated heterocycles. The highest BCUT2D eigenvalue weighted by molar-refractivity contribution is 9.10. The summed E-state index contributed by atoms with van der Waals surface area (Å²) in [5, 5.41) is 3.27. The number of aromatic nitrogens is 1. The van der Waals surface area contributed by atoms with Crippen LogP contribution < -0.4 is 0 Å². The lowest BCUT2D eigenvalue weighted by Crippen LogP contribution is -2.21. The van der Waals surface area contributed by atoms with Gasteiger partial charge in [0.2, 0.25) is 0 Å². The van der Waals surface area contributed by atoms with Gasteiger partial charge in [0, 0.05) is 31.2 Å². The van der Waals surface area contributed by atoms with Gasteiger partial charge in [0.1, 0.15) is 5.01 Å². The second kappa shape index (κ2) is 6.65. The van der Waals surface area contributed by atoms with Gasteiger partial charge < -0.3 is 0 Å². The van der Waals surface area contributed by atoms with Gasteiger partial charge in [-0.25, -0.2) is 4.98 Å². The summed E-state index contributed by atoms with van der Waals surface area (Å²) in [6, 6.07) is 8.35. The van der Waals surface area contributed by atoms with Crippen molar-refractivity contribution in [2.75, 3.05) is 5.75 Å². The van der Waals surface area contributed by atoms with Crippen molar-refractivity contribution in [3.8, 4) is 11.3 Å². The van der Waals surface area contributed by atoms with Crippen LogP contribution in [0.5, 0.6) is 0 Å². The number of halogens is 1. The third kappa shape index (κ3) is 3.36. The number of aryl methyl sites for hydroxylation is 1. The summed E-state index contributed by atoms with van der Waals surface area (Å²) in [6.07, 6.45) is 0. The summed E-state index contributed by atoms with van der Waals surface area (Å²) in [4.78, 5) is 6.29. The normalized spacial score (nSPS) is 26.0. The molecule has 3 atom stereocenters. The van der Waals surface area contributed by atoms with Crippen molar-refractivity contribution in [3.63, 3.8) is 0 Å². The van der Waals surface area contributed by atoms with E-state index in [-0.39, 0.29) is 0 Å². The summed E-state index contributed by atoms with van der Waals surface area (Å²) in [6.45, 7) is 6.85. The molecule has 1 fully saturated rings. The van der Waals surface area contributed by atoms with Crippen LogP contribution in [0, 0.1) is 6.92 Å². The van der Waals surface area contributed by atoms with E-state index >= 15 is 0 Å². The molecule has 112 valence electrons. The van der Waals surface area contributed by atoms with Gasteiger partial charge in [0.25, 0.3) is 0 Å². The van der Waals surface area contributed by atoms with Crippen molar-refractivity contribution in [1.29, 1.82) is 0 Å². The van der Waals surface area contributed by atoms with Gasteiger partial charge in [-0.15, -0.1) is 23.1 Å². The van der Waals surface area contributed by atoms with Crippen LogP contribution in [0.15, 0.2) is 28.7 Å². The van der Waals surface area contributed by atoms with Gasteiger partial charge in [0.15, 0.2) is 0 Å². The molecule has 0 N–H and O–H groups in total. The van der Waals surface area contributed by atoms with Crippen molar-refractivity contribution in [2.45, 2.75) is 36.5 Å². The zero-order valence-electron chi connectivity index (χ0n) is 12.3. The van der Waals surface area contributed by atoms with Crippen molar-refractivity contribution in [2.24, 2.45) is 0 Å². The molecule has 0 bridgehead atoms. The standard InChI is InChI=1S/C16H18BrNS3/c1-9-10(2)20-14(8-19-9)16-18-15(11(3)21-16)12-6-4-5-7-13(12)17/h4-7,9-10,14H,8H2,1-3H3. The molecule has 1 nitrogen and oxygen atoms in total. The van der Waals surface area contributed by atoms with Crippen LogP contribution in [-0.4, -0.2) is 21.2 Å². The third-order valence-corrected chi connectivity index (χ3v) is 9.09. The van der Waals surface area contributed by atoms with Crippen molar-refractivity contribution in [1.82, 2.24) is 4.98 Å². The molecule has 1 aromatic carbocycles. The smallest absolute Gasteiger partial charge is 0.107 e. The number of thiazole rings is 1. The van der Waals surface area contributed by atoms with E-state index in [2.05, 4.69) is 78.4 Å². The average Bonchev–Trinajstić information content (AvgIpc) is 2.84. The zero-order chi connectivity index (χ0) is 15.0. The molecular weight excluding hydrogens is 382 g/mol. The van der Waals surface area contributed by atoms with Gasteiger partial charge in [-0.1, -0.05) is 48.0 Å². The highest BCUT2D eigenvalue weighted by Crippen LogP contribution is 2.46. The first-order valence-electron chi connectivity index (χ1n) is 7.05. The molecule has 1 aliphatic heterocycles. The summed E-state index contributed by atoms with van der Waals surface area (Å²) in [7, 11) is 0. The van der Waals surface area contributed by atoms with Gasteiger partial charge >= 0.3 is 0 Å². The third-order valence-electron chi connectivity index (χ3n) is 3.77. The summed E-state index contributed by atoms with van der Waals surface area (Å²) in [5.74, 6) is 1.18. The van der Waals surface area contributed by atoms with Crippen LogP contribution in [0.1, 0.15) is 29.0 Å². The first-order chi connectivity index (χ1) is 10.1. The van der Waals surface area contributed by atoms with Crippen molar-refractivity contribution in [3.05, 3.63) is 38.6 Å². The van der Waals surface area contributed by atoms with E-state index < -0.39 is 0 Å². The van der Waals surface area contributed by atoms with Crippen LogP contribution in [0.4, 0.5) is 0 Å². The molecule has 21 heavy (non-hydrogen) atoms. The van der Waals surface area contributed by atoms with Crippen LogP contribution in [0.2, 0.25) is 0 Å². The average molecular weight is 400 g/mol. The maximum absolute atomic E-state index is 4.98. The molecule has 3 rings (SSSR count). The topological polar surface area (TPSA) is 12.9 Å². The molecule has 1 aromatic heterocycles. The highest BCUT2D eigenvalue weighted by atomic mass is 79.9. The molecule has 2 heterocycles. The first-order valence-corrected chi connectivity index (χ1v) is 10.7. The maximum atomic E-state index is 4.98. The molecule has 5 heteroatoms. The molecule has 3 unspecified atom stereocenters. The quantitative estimate of drug-likeness (QED) is 0.598. The second-order valence-corrected chi connectivity index (χ2v) is 10.4. The molecule has 1 aliphatic rings. The lowest BCUT2D eigenvalue weighted by atomic mass is 10.1. The Labute approximate surface area is 147 Å².